The van der Waals surface area contributed by atoms with Crippen LogP contribution >= 0.6 is 11.3 Å². The Bertz CT molecular complexity index is 1170. The summed E-state index contributed by atoms with van der Waals surface area (Å²) in [5, 5.41) is 6.31. The summed E-state index contributed by atoms with van der Waals surface area (Å²) in [6.07, 6.45) is 0. The second kappa shape index (κ2) is 7.84. The third-order valence-corrected chi connectivity index (χ3v) is 5.35. The number of hydrogen-bond donors (Lipinski definition) is 0. The number of nitrogens with zero attached hydrogens (tertiary/aromatic N) is 3. The van der Waals surface area contributed by atoms with Gasteiger partial charge in [0.05, 0.1) is 27.2 Å². The van der Waals surface area contributed by atoms with E-state index in [0.717, 1.165) is 10.6 Å². The first kappa shape index (κ1) is 18.8. The normalized spacial score (nSPS) is 10.8. The lowest BCUT2D eigenvalue weighted by molar-refractivity contribution is -0.121. The van der Waals surface area contributed by atoms with Crippen LogP contribution in [0.25, 0.3) is 21.7 Å². The van der Waals surface area contributed by atoms with Gasteiger partial charge >= 0.3 is 5.97 Å². The van der Waals surface area contributed by atoms with Crippen LogP contribution in [0.4, 0.5) is 5.69 Å². The second-order valence-corrected chi connectivity index (χ2v) is 7.29. The van der Waals surface area contributed by atoms with E-state index in [2.05, 4.69) is 10.1 Å². The van der Waals surface area contributed by atoms with Gasteiger partial charge in [0.15, 0.2) is 6.61 Å². The Morgan fingerprint density at radius 2 is 1.97 bits per heavy atom. The van der Waals surface area contributed by atoms with E-state index >= 15 is 0 Å². The van der Waals surface area contributed by atoms with Gasteiger partial charge in [-0.15, -0.1) is 11.3 Å². The van der Waals surface area contributed by atoms with E-state index in [1.54, 1.807) is 32.2 Å². The molecule has 0 aliphatic heterocycles. The lowest BCUT2D eigenvalue weighted by Gasteiger charge is -2.17. The van der Waals surface area contributed by atoms with Crippen molar-refractivity contribution >= 4 is 40.0 Å². The summed E-state index contributed by atoms with van der Waals surface area (Å²) >= 11 is 1.49. The Hall–Kier alpha value is -3.52. The summed E-state index contributed by atoms with van der Waals surface area (Å²) in [5.41, 5.74) is 2.36. The van der Waals surface area contributed by atoms with Gasteiger partial charge in [-0.3, -0.25) is 4.79 Å². The van der Waals surface area contributed by atoms with Gasteiger partial charge in [0, 0.05) is 12.7 Å². The molecule has 0 saturated heterocycles. The summed E-state index contributed by atoms with van der Waals surface area (Å²) in [5.74, 6) is -0.966. The number of benzene rings is 1. The molecule has 0 spiro atoms. The standard InChI is InChI=1S/C21H17N3O4S/c1-13-19-15(11-16(17-9-6-10-29-17)22-20(19)28-23-13)21(26)27-12-18(25)24(2)14-7-4-3-5-8-14/h3-11H,12H2,1-2H3. The van der Waals surface area contributed by atoms with E-state index < -0.39 is 5.97 Å². The van der Waals surface area contributed by atoms with Gasteiger partial charge in [0.2, 0.25) is 0 Å². The average Bonchev–Trinajstić information content (AvgIpc) is 3.41. The van der Waals surface area contributed by atoms with Crippen molar-refractivity contribution in [2.45, 2.75) is 6.92 Å². The number of fused-ring (bicyclic) bond motifs is 1. The van der Waals surface area contributed by atoms with Gasteiger partial charge in [-0.25, -0.2) is 9.78 Å². The molecule has 0 N–H and O–H groups in total. The number of carbonyl (C=O) groups excluding carboxylic acids is 2. The first-order chi connectivity index (χ1) is 14.0. The molecular weight excluding hydrogens is 390 g/mol. The minimum atomic E-state index is -0.628. The highest BCUT2D eigenvalue weighted by molar-refractivity contribution is 7.13. The number of carbonyl (C=O) groups is 2. The molecule has 0 unspecified atom stereocenters. The summed E-state index contributed by atoms with van der Waals surface area (Å²) in [4.78, 5) is 32.0. The number of amides is 1. The molecule has 3 aromatic heterocycles. The van der Waals surface area contributed by atoms with E-state index in [9.17, 15) is 9.59 Å². The third-order valence-electron chi connectivity index (χ3n) is 4.45. The lowest BCUT2D eigenvalue weighted by atomic mass is 10.1. The molecule has 0 aliphatic carbocycles. The van der Waals surface area contributed by atoms with Crippen molar-refractivity contribution < 1.29 is 18.8 Å². The van der Waals surface area contributed by atoms with Crippen LogP contribution in [0.1, 0.15) is 16.1 Å². The quantitative estimate of drug-likeness (QED) is 0.464. The van der Waals surface area contributed by atoms with Crippen LogP contribution in [-0.4, -0.2) is 35.7 Å². The molecule has 29 heavy (non-hydrogen) atoms. The predicted octanol–water partition coefficient (Wildman–Crippen LogP) is 4.08. The van der Waals surface area contributed by atoms with Crippen molar-refractivity contribution in [1.82, 2.24) is 10.1 Å². The molecule has 0 bridgehead atoms. The topological polar surface area (TPSA) is 85.5 Å². The van der Waals surface area contributed by atoms with Gasteiger partial charge in [-0.05, 0) is 36.6 Å². The highest BCUT2D eigenvalue weighted by atomic mass is 32.1. The van der Waals surface area contributed by atoms with E-state index in [1.165, 1.54) is 16.2 Å². The molecule has 7 nitrogen and oxygen atoms in total. The number of para-hydroxylation sites is 1. The van der Waals surface area contributed by atoms with Crippen LogP contribution in [0.3, 0.4) is 0 Å². The number of likely N-dealkylation sites (N-methyl/N-ethyl adjacent to an activating group) is 1. The SMILES string of the molecule is Cc1noc2nc(-c3cccs3)cc(C(=O)OCC(=O)N(C)c3ccccc3)c12. The molecule has 1 aromatic carbocycles. The fraction of sp³-hybridized carbons (Fsp3) is 0.143. The first-order valence-electron chi connectivity index (χ1n) is 8.84. The summed E-state index contributed by atoms with van der Waals surface area (Å²) in [7, 11) is 1.63. The zero-order valence-corrected chi connectivity index (χ0v) is 16.6. The van der Waals surface area contributed by atoms with Crippen LogP contribution in [0.2, 0.25) is 0 Å². The number of esters is 1. The molecule has 0 atom stereocenters. The van der Waals surface area contributed by atoms with Crippen molar-refractivity contribution in [2.24, 2.45) is 0 Å². The predicted molar refractivity (Wildman–Crippen MR) is 110 cm³/mol. The maximum atomic E-state index is 12.8. The van der Waals surface area contributed by atoms with E-state index in [0.29, 0.717) is 16.8 Å². The number of aryl methyl sites for hydroxylation is 1. The largest absolute Gasteiger partial charge is 0.452 e. The van der Waals surface area contributed by atoms with E-state index in [4.69, 9.17) is 9.26 Å². The molecule has 146 valence electrons. The average molecular weight is 407 g/mol. The fourth-order valence-corrected chi connectivity index (χ4v) is 3.59. The van der Waals surface area contributed by atoms with Crippen molar-refractivity contribution in [3.05, 3.63) is 65.2 Å². The Balaban J connectivity index is 1.58. The number of rotatable bonds is 5. The molecule has 0 fully saturated rings. The van der Waals surface area contributed by atoms with Crippen molar-refractivity contribution in [2.75, 3.05) is 18.6 Å². The van der Waals surface area contributed by atoms with Crippen LogP contribution in [0.15, 0.2) is 58.4 Å². The molecule has 4 aromatic rings. The zero-order valence-electron chi connectivity index (χ0n) is 15.8. The monoisotopic (exact) mass is 407 g/mol. The Kier molecular flexibility index (Phi) is 5.09. The summed E-state index contributed by atoms with van der Waals surface area (Å²) in [6, 6.07) is 14.6. The molecule has 8 heteroatoms. The Morgan fingerprint density at radius 3 is 2.69 bits per heavy atom. The number of thiophene rings is 1. The van der Waals surface area contributed by atoms with E-state index in [1.807, 2.05) is 35.7 Å². The summed E-state index contributed by atoms with van der Waals surface area (Å²) in [6.45, 7) is 1.34. The number of anilines is 1. The van der Waals surface area contributed by atoms with Gasteiger partial charge in [0.25, 0.3) is 11.6 Å². The molecule has 1 amide bonds. The fourth-order valence-electron chi connectivity index (χ4n) is 2.90. The van der Waals surface area contributed by atoms with Crippen LogP contribution in [0, 0.1) is 6.92 Å². The van der Waals surface area contributed by atoms with Crippen LogP contribution in [0.5, 0.6) is 0 Å². The molecule has 3 heterocycles. The first-order valence-corrected chi connectivity index (χ1v) is 9.72. The number of ether oxygens (including phenoxy) is 1. The van der Waals surface area contributed by atoms with Gasteiger partial charge in [-0.1, -0.05) is 29.4 Å². The molecule has 4 rings (SSSR count). The lowest BCUT2D eigenvalue weighted by Crippen LogP contribution is -2.31. The number of pyridine rings is 1. The number of hydrogen-bond acceptors (Lipinski definition) is 7. The van der Waals surface area contributed by atoms with Crippen LogP contribution < -0.4 is 4.90 Å². The van der Waals surface area contributed by atoms with Gasteiger partial charge in [-0.2, -0.15) is 0 Å². The van der Waals surface area contributed by atoms with E-state index in [-0.39, 0.29) is 23.8 Å². The molecule has 0 saturated carbocycles. The van der Waals surface area contributed by atoms with Gasteiger partial charge < -0.3 is 14.2 Å². The van der Waals surface area contributed by atoms with Crippen molar-refractivity contribution in [3.63, 3.8) is 0 Å². The van der Waals surface area contributed by atoms with Crippen molar-refractivity contribution in [1.29, 1.82) is 0 Å². The number of aromatic nitrogens is 2. The Morgan fingerprint density at radius 1 is 1.17 bits per heavy atom. The minimum Gasteiger partial charge on any atom is -0.452 e. The minimum absolute atomic E-state index is 0.257. The Labute approximate surface area is 170 Å². The van der Waals surface area contributed by atoms with Crippen molar-refractivity contribution in [3.8, 4) is 10.6 Å². The second-order valence-electron chi connectivity index (χ2n) is 6.34. The summed E-state index contributed by atoms with van der Waals surface area (Å²) < 4.78 is 10.6. The third kappa shape index (κ3) is 3.74. The maximum Gasteiger partial charge on any atom is 0.339 e. The molecule has 0 radical (unpaired) electrons. The maximum absolute atomic E-state index is 12.8. The van der Waals surface area contributed by atoms with Crippen LogP contribution in [-0.2, 0) is 9.53 Å². The molecular formula is C21H17N3O4S. The zero-order chi connectivity index (χ0) is 20.4. The highest BCUT2D eigenvalue weighted by Crippen LogP contribution is 2.29. The van der Waals surface area contributed by atoms with Gasteiger partial charge in [0.1, 0.15) is 0 Å². The molecule has 0 aliphatic rings. The highest BCUT2D eigenvalue weighted by Gasteiger charge is 2.22. The smallest absolute Gasteiger partial charge is 0.339 e.